The fourth-order valence-corrected chi connectivity index (χ4v) is 2.10. The van der Waals surface area contributed by atoms with E-state index in [1.807, 2.05) is 32.0 Å². The van der Waals surface area contributed by atoms with Gasteiger partial charge in [0, 0.05) is 5.56 Å². The van der Waals surface area contributed by atoms with Gasteiger partial charge in [0.2, 0.25) is 5.78 Å². The summed E-state index contributed by atoms with van der Waals surface area (Å²) in [5.74, 6) is 0.947. The van der Waals surface area contributed by atoms with Crippen molar-refractivity contribution in [1.29, 1.82) is 0 Å². The number of ether oxygens (including phenoxy) is 2. The molecule has 0 fully saturated rings. The van der Waals surface area contributed by atoms with Crippen molar-refractivity contribution in [2.24, 2.45) is 0 Å². The minimum Gasteiger partial charge on any atom is -0.496 e. The summed E-state index contributed by atoms with van der Waals surface area (Å²) in [5.41, 5.74) is 3.34. The average molecular weight is 270 g/mol. The molecule has 0 heterocycles. The van der Waals surface area contributed by atoms with Crippen LogP contribution in [0.2, 0.25) is 0 Å². The first-order chi connectivity index (χ1) is 9.58. The Bertz CT molecular complexity index is 622. The van der Waals surface area contributed by atoms with Gasteiger partial charge in [-0.25, -0.2) is 0 Å². The summed E-state index contributed by atoms with van der Waals surface area (Å²) in [6.45, 7) is 4.01. The van der Waals surface area contributed by atoms with Gasteiger partial charge in [0.05, 0.1) is 14.2 Å². The highest BCUT2D eigenvalue weighted by molar-refractivity contribution is 6.12. The minimum absolute atomic E-state index is 0.0950. The largest absolute Gasteiger partial charge is 0.496 e. The van der Waals surface area contributed by atoms with E-state index in [9.17, 15) is 4.79 Å². The molecule has 0 atom stereocenters. The SMILES string of the molecule is COc1cccc(OC)c1C(=O)c1ccc(C)c(C)c1. The van der Waals surface area contributed by atoms with Crippen LogP contribution >= 0.6 is 0 Å². The van der Waals surface area contributed by atoms with Crippen LogP contribution in [-0.4, -0.2) is 20.0 Å². The summed E-state index contributed by atoms with van der Waals surface area (Å²) < 4.78 is 10.6. The number of methoxy groups -OCH3 is 2. The lowest BCUT2D eigenvalue weighted by Crippen LogP contribution is -2.07. The number of carbonyl (C=O) groups excluding carboxylic acids is 1. The second kappa shape index (κ2) is 5.78. The van der Waals surface area contributed by atoms with E-state index < -0.39 is 0 Å². The number of hydrogen-bond donors (Lipinski definition) is 0. The van der Waals surface area contributed by atoms with Gasteiger partial charge in [0.25, 0.3) is 0 Å². The van der Waals surface area contributed by atoms with E-state index >= 15 is 0 Å². The first-order valence-corrected chi connectivity index (χ1v) is 6.41. The Morgan fingerprint density at radius 2 is 1.50 bits per heavy atom. The molecule has 0 saturated heterocycles. The normalized spacial score (nSPS) is 10.2. The maximum atomic E-state index is 12.7. The maximum Gasteiger partial charge on any atom is 0.200 e. The molecule has 0 spiro atoms. The van der Waals surface area contributed by atoms with Crippen molar-refractivity contribution in [1.82, 2.24) is 0 Å². The number of rotatable bonds is 4. The number of aryl methyl sites for hydroxylation is 2. The smallest absolute Gasteiger partial charge is 0.200 e. The first-order valence-electron chi connectivity index (χ1n) is 6.41. The second-order valence-corrected chi connectivity index (χ2v) is 4.67. The van der Waals surface area contributed by atoms with Crippen LogP contribution in [0.5, 0.6) is 11.5 Å². The van der Waals surface area contributed by atoms with Crippen molar-refractivity contribution in [3.8, 4) is 11.5 Å². The van der Waals surface area contributed by atoms with Crippen LogP contribution in [0.25, 0.3) is 0 Å². The number of ketones is 1. The Balaban J connectivity index is 2.55. The Labute approximate surface area is 119 Å². The molecule has 20 heavy (non-hydrogen) atoms. The lowest BCUT2D eigenvalue weighted by molar-refractivity contribution is 0.103. The van der Waals surface area contributed by atoms with Gasteiger partial charge in [-0.1, -0.05) is 18.2 Å². The number of benzene rings is 2. The van der Waals surface area contributed by atoms with E-state index in [2.05, 4.69) is 0 Å². The van der Waals surface area contributed by atoms with Crippen molar-refractivity contribution in [3.05, 3.63) is 58.7 Å². The van der Waals surface area contributed by atoms with Gasteiger partial charge in [0.1, 0.15) is 17.1 Å². The molecule has 0 aliphatic rings. The van der Waals surface area contributed by atoms with Crippen molar-refractivity contribution >= 4 is 5.78 Å². The molecule has 2 aromatic carbocycles. The molecule has 2 aromatic rings. The summed E-state index contributed by atoms with van der Waals surface area (Å²) in [5, 5.41) is 0. The van der Waals surface area contributed by atoms with Crippen molar-refractivity contribution in [2.45, 2.75) is 13.8 Å². The summed E-state index contributed by atoms with van der Waals surface area (Å²) in [4.78, 5) is 12.7. The molecule has 3 heteroatoms. The summed E-state index contributed by atoms with van der Waals surface area (Å²) in [7, 11) is 3.10. The lowest BCUT2D eigenvalue weighted by Gasteiger charge is -2.12. The fourth-order valence-electron chi connectivity index (χ4n) is 2.10. The third-order valence-electron chi connectivity index (χ3n) is 3.42. The third-order valence-corrected chi connectivity index (χ3v) is 3.42. The molecule has 0 aromatic heterocycles. The fraction of sp³-hybridized carbons (Fsp3) is 0.235. The zero-order valence-corrected chi connectivity index (χ0v) is 12.2. The second-order valence-electron chi connectivity index (χ2n) is 4.67. The summed E-state index contributed by atoms with van der Waals surface area (Å²) >= 11 is 0. The lowest BCUT2D eigenvalue weighted by atomic mass is 9.98. The molecule has 0 unspecified atom stereocenters. The molecule has 0 bridgehead atoms. The van der Waals surface area contributed by atoms with Crippen molar-refractivity contribution < 1.29 is 14.3 Å². The van der Waals surface area contributed by atoms with Crippen LogP contribution in [0.15, 0.2) is 36.4 Å². The molecule has 104 valence electrons. The van der Waals surface area contributed by atoms with Crippen LogP contribution in [0.3, 0.4) is 0 Å². The quantitative estimate of drug-likeness (QED) is 0.797. The first kappa shape index (κ1) is 14.1. The standard InChI is InChI=1S/C17H18O3/c1-11-8-9-13(10-12(11)2)17(18)16-14(19-3)6-5-7-15(16)20-4/h5-10H,1-4H3. The number of carbonyl (C=O) groups is 1. The van der Waals surface area contributed by atoms with Crippen LogP contribution in [0, 0.1) is 13.8 Å². The monoisotopic (exact) mass is 270 g/mol. The zero-order chi connectivity index (χ0) is 14.7. The summed E-state index contributed by atoms with van der Waals surface area (Å²) in [6, 6.07) is 11.0. The van der Waals surface area contributed by atoms with Gasteiger partial charge in [-0.15, -0.1) is 0 Å². The molecular formula is C17H18O3. The van der Waals surface area contributed by atoms with Gasteiger partial charge in [-0.2, -0.15) is 0 Å². The summed E-state index contributed by atoms with van der Waals surface area (Å²) in [6.07, 6.45) is 0. The molecule has 0 aliphatic heterocycles. The van der Waals surface area contributed by atoms with E-state index in [1.54, 1.807) is 32.4 Å². The molecule has 0 radical (unpaired) electrons. The van der Waals surface area contributed by atoms with E-state index in [0.717, 1.165) is 11.1 Å². The topological polar surface area (TPSA) is 35.5 Å². The molecule has 0 aliphatic carbocycles. The van der Waals surface area contributed by atoms with E-state index in [1.165, 1.54) is 0 Å². The minimum atomic E-state index is -0.0950. The van der Waals surface area contributed by atoms with E-state index in [4.69, 9.17) is 9.47 Å². The average Bonchev–Trinajstić information content (AvgIpc) is 2.48. The highest BCUT2D eigenvalue weighted by Gasteiger charge is 2.19. The van der Waals surface area contributed by atoms with Crippen LogP contribution in [-0.2, 0) is 0 Å². The molecular weight excluding hydrogens is 252 g/mol. The molecule has 0 N–H and O–H groups in total. The van der Waals surface area contributed by atoms with Crippen molar-refractivity contribution in [2.75, 3.05) is 14.2 Å². The van der Waals surface area contributed by atoms with E-state index in [-0.39, 0.29) is 5.78 Å². The van der Waals surface area contributed by atoms with Gasteiger partial charge in [-0.05, 0) is 43.2 Å². The molecule has 0 amide bonds. The Kier molecular flexibility index (Phi) is 4.08. The molecule has 3 nitrogen and oxygen atoms in total. The van der Waals surface area contributed by atoms with Gasteiger partial charge >= 0.3 is 0 Å². The van der Waals surface area contributed by atoms with Gasteiger partial charge < -0.3 is 9.47 Å². The third kappa shape index (κ3) is 2.52. The highest BCUT2D eigenvalue weighted by atomic mass is 16.5. The van der Waals surface area contributed by atoms with Crippen LogP contribution in [0.4, 0.5) is 0 Å². The highest BCUT2D eigenvalue weighted by Crippen LogP contribution is 2.30. The van der Waals surface area contributed by atoms with Gasteiger partial charge in [0.15, 0.2) is 0 Å². The van der Waals surface area contributed by atoms with E-state index in [0.29, 0.717) is 22.6 Å². The Hall–Kier alpha value is -2.29. The predicted molar refractivity (Wildman–Crippen MR) is 78.9 cm³/mol. The Morgan fingerprint density at radius 3 is 2.00 bits per heavy atom. The Morgan fingerprint density at radius 1 is 0.900 bits per heavy atom. The van der Waals surface area contributed by atoms with Crippen LogP contribution in [0.1, 0.15) is 27.0 Å². The molecule has 2 rings (SSSR count). The maximum absolute atomic E-state index is 12.7. The number of hydrogen-bond acceptors (Lipinski definition) is 3. The van der Waals surface area contributed by atoms with Crippen molar-refractivity contribution in [3.63, 3.8) is 0 Å². The zero-order valence-electron chi connectivity index (χ0n) is 12.2. The molecule has 0 saturated carbocycles. The van der Waals surface area contributed by atoms with Crippen LogP contribution < -0.4 is 9.47 Å². The van der Waals surface area contributed by atoms with Gasteiger partial charge in [-0.3, -0.25) is 4.79 Å². The predicted octanol–water partition coefficient (Wildman–Crippen LogP) is 3.55.